The van der Waals surface area contributed by atoms with Crippen LogP contribution in [0.4, 0.5) is 0 Å². The second-order valence-corrected chi connectivity index (χ2v) is 3.86. The summed E-state index contributed by atoms with van der Waals surface area (Å²) in [7, 11) is 3.50. The van der Waals surface area contributed by atoms with Crippen molar-refractivity contribution in [1.82, 2.24) is 10.2 Å². The number of carbonyl (C=O) groups excluding carboxylic acids is 1. The first-order valence-electron chi connectivity index (χ1n) is 5.00. The zero-order valence-electron chi connectivity index (χ0n) is 9.70. The van der Waals surface area contributed by atoms with Crippen LogP contribution in [0.3, 0.4) is 0 Å². The Bertz CT molecular complexity index is 331. The molecule has 0 aliphatic rings. The third-order valence-corrected chi connectivity index (χ3v) is 2.35. The van der Waals surface area contributed by atoms with Gasteiger partial charge in [0.25, 0.3) is 0 Å². The van der Waals surface area contributed by atoms with Gasteiger partial charge in [-0.2, -0.15) is 0 Å². The van der Waals surface area contributed by atoms with Crippen LogP contribution in [-0.2, 0) is 11.3 Å². The maximum Gasteiger partial charge on any atom is 0.238 e. The van der Waals surface area contributed by atoms with Crippen LogP contribution in [0.15, 0.2) is 16.7 Å². The number of rotatable bonds is 4. The molecular formula is C11H18N2O2. The Hall–Kier alpha value is -1.29. The SMILES string of the molecule is Cc1ccoc1CNC(C)C(=O)N(C)C. The third kappa shape index (κ3) is 3.09. The van der Waals surface area contributed by atoms with Crippen molar-refractivity contribution in [2.75, 3.05) is 14.1 Å². The van der Waals surface area contributed by atoms with Crippen LogP contribution < -0.4 is 5.32 Å². The molecule has 1 aromatic heterocycles. The van der Waals surface area contributed by atoms with Crippen LogP contribution in [0.1, 0.15) is 18.2 Å². The van der Waals surface area contributed by atoms with Crippen molar-refractivity contribution in [3.63, 3.8) is 0 Å². The average Bonchev–Trinajstić information content (AvgIpc) is 2.59. The van der Waals surface area contributed by atoms with Gasteiger partial charge in [0, 0.05) is 14.1 Å². The molecular weight excluding hydrogens is 192 g/mol. The molecule has 0 aliphatic carbocycles. The molecule has 84 valence electrons. The summed E-state index contributed by atoms with van der Waals surface area (Å²) in [6.45, 7) is 4.42. The summed E-state index contributed by atoms with van der Waals surface area (Å²) in [5, 5.41) is 3.12. The highest BCUT2D eigenvalue weighted by molar-refractivity contribution is 5.80. The van der Waals surface area contributed by atoms with Crippen LogP contribution in [0.25, 0.3) is 0 Å². The minimum Gasteiger partial charge on any atom is -0.468 e. The molecule has 1 rings (SSSR count). The van der Waals surface area contributed by atoms with Crippen molar-refractivity contribution in [3.05, 3.63) is 23.7 Å². The van der Waals surface area contributed by atoms with E-state index in [1.165, 1.54) is 0 Å². The van der Waals surface area contributed by atoms with Crippen molar-refractivity contribution < 1.29 is 9.21 Å². The van der Waals surface area contributed by atoms with Crippen molar-refractivity contribution in [2.45, 2.75) is 26.4 Å². The molecule has 4 heteroatoms. The van der Waals surface area contributed by atoms with Gasteiger partial charge in [0.1, 0.15) is 5.76 Å². The Morgan fingerprint density at radius 2 is 2.27 bits per heavy atom. The van der Waals surface area contributed by atoms with Gasteiger partial charge in [-0.3, -0.25) is 10.1 Å². The van der Waals surface area contributed by atoms with Crippen LogP contribution in [-0.4, -0.2) is 30.9 Å². The first-order valence-corrected chi connectivity index (χ1v) is 5.00. The highest BCUT2D eigenvalue weighted by atomic mass is 16.3. The molecule has 0 aliphatic heterocycles. The standard InChI is InChI=1S/C11H18N2O2/c1-8-5-6-15-10(8)7-12-9(2)11(14)13(3)4/h5-6,9,12H,7H2,1-4H3. The van der Waals surface area contributed by atoms with Gasteiger partial charge < -0.3 is 9.32 Å². The van der Waals surface area contributed by atoms with Gasteiger partial charge in [-0.15, -0.1) is 0 Å². The maximum atomic E-state index is 11.5. The number of carbonyl (C=O) groups is 1. The summed E-state index contributed by atoms with van der Waals surface area (Å²) < 4.78 is 5.27. The fourth-order valence-corrected chi connectivity index (χ4v) is 1.31. The Labute approximate surface area is 90.3 Å². The first-order chi connectivity index (χ1) is 7.02. The average molecular weight is 210 g/mol. The summed E-state index contributed by atoms with van der Waals surface area (Å²) in [6.07, 6.45) is 1.66. The van der Waals surface area contributed by atoms with E-state index in [9.17, 15) is 4.79 Å². The van der Waals surface area contributed by atoms with E-state index in [0.29, 0.717) is 6.54 Å². The zero-order valence-corrected chi connectivity index (χ0v) is 9.70. The van der Waals surface area contributed by atoms with Crippen LogP contribution in [0, 0.1) is 6.92 Å². The summed E-state index contributed by atoms with van der Waals surface area (Å²) in [6, 6.07) is 1.72. The molecule has 4 nitrogen and oxygen atoms in total. The molecule has 1 atom stereocenters. The molecule has 0 saturated heterocycles. The second kappa shape index (κ2) is 4.98. The van der Waals surface area contributed by atoms with Gasteiger partial charge in [0.05, 0.1) is 18.8 Å². The second-order valence-electron chi connectivity index (χ2n) is 3.86. The third-order valence-electron chi connectivity index (χ3n) is 2.35. The predicted molar refractivity (Wildman–Crippen MR) is 58.4 cm³/mol. The largest absolute Gasteiger partial charge is 0.468 e. The number of likely N-dealkylation sites (N-methyl/N-ethyl adjacent to an activating group) is 1. The van der Waals surface area contributed by atoms with Crippen LogP contribution in [0.5, 0.6) is 0 Å². The Morgan fingerprint density at radius 3 is 2.73 bits per heavy atom. The molecule has 1 N–H and O–H groups in total. The van der Waals surface area contributed by atoms with E-state index in [0.717, 1.165) is 11.3 Å². The molecule has 0 spiro atoms. The number of hydrogen-bond acceptors (Lipinski definition) is 3. The highest BCUT2D eigenvalue weighted by Gasteiger charge is 2.14. The van der Waals surface area contributed by atoms with Crippen LogP contribution >= 0.6 is 0 Å². The van der Waals surface area contributed by atoms with E-state index in [-0.39, 0.29) is 11.9 Å². The van der Waals surface area contributed by atoms with Gasteiger partial charge in [-0.1, -0.05) is 0 Å². The topological polar surface area (TPSA) is 45.5 Å². The van der Waals surface area contributed by atoms with Crippen molar-refractivity contribution >= 4 is 5.91 Å². The quantitative estimate of drug-likeness (QED) is 0.811. The molecule has 0 bridgehead atoms. The van der Waals surface area contributed by atoms with E-state index in [4.69, 9.17) is 4.42 Å². The maximum absolute atomic E-state index is 11.5. The van der Waals surface area contributed by atoms with Gasteiger partial charge in [-0.05, 0) is 25.5 Å². The fourth-order valence-electron chi connectivity index (χ4n) is 1.31. The molecule has 1 amide bonds. The lowest BCUT2D eigenvalue weighted by atomic mass is 10.2. The number of furan rings is 1. The number of aryl methyl sites for hydroxylation is 1. The molecule has 1 unspecified atom stereocenters. The summed E-state index contributed by atoms with van der Waals surface area (Å²) in [5.41, 5.74) is 1.10. The molecule has 0 aromatic carbocycles. The minimum atomic E-state index is -0.190. The first kappa shape index (κ1) is 11.8. The lowest BCUT2D eigenvalue weighted by Crippen LogP contribution is -2.41. The molecule has 0 fully saturated rings. The van der Waals surface area contributed by atoms with Crippen LogP contribution in [0.2, 0.25) is 0 Å². The Morgan fingerprint density at radius 1 is 1.60 bits per heavy atom. The lowest BCUT2D eigenvalue weighted by Gasteiger charge is -2.17. The Balaban J connectivity index is 2.44. The van der Waals surface area contributed by atoms with E-state index >= 15 is 0 Å². The van der Waals surface area contributed by atoms with E-state index in [1.807, 2.05) is 19.9 Å². The number of nitrogens with one attached hydrogen (secondary N) is 1. The number of hydrogen-bond donors (Lipinski definition) is 1. The van der Waals surface area contributed by atoms with Gasteiger partial charge in [0.15, 0.2) is 0 Å². The van der Waals surface area contributed by atoms with E-state index < -0.39 is 0 Å². The fraction of sp³-hybridized carbons (Fsp3) is 0.545. The lowest BCUT2D eigenvalue weighted by molar-refractivity contribution is -0.130. The van der Waals surface area contributed by atoms with Crippen molar-refractivity contribution in [2.24, 2.45) is 0 Å². The molecule has 1 heterocycles. The van der Waals surface area contributed by atoms with Gasteiger partial charge in [0.2, 0.25) is 5.91 Å². The Kier molecular flexibility index (Phi) is 3.91. The zero-order chi connectivity index (χ0) is 11.4. The smallest absolute Gasteiger partial charge is 0.238 e. The molecule has 0 saturated carbocycles. The van der Waals surface area contributed by atoms with Crippen molar-refractivity contribution in [3.8, 4) is 0 Å². The van der Waals surface area contributed by atoms with Gasteiger partial charge in [-0.25, -0.2) is 0 Å². The number of nitrogens with zero attached hydrogens (tertiary/aromatic N) is 1. The molecule has 15 heavy (non-hydrogen) atoms. The van der Waals surface area contributed by atoms with Gasteiger partial charge >= 0.3 is 0 Å². The minimum absolute atomic E-state index is 0.0687. The molecule has 1 aromatic rings. The number of amides is 1. The summed E-state index contributed by atoms with van der Waals surface area (Å²) in [4.78, 5) is 13.1. The monoisotopic (exact) mass is 210 g/mol. The summed E-state index contributed by atoms with van der Waals surface area (Å²) >= 11 is 0. The van der Waals surface area contributed by atoms with E-state index in [1.54, 1.807) is 25.3 Å². The molecule has 0 radical (unpaired) electrons. The normalized spacial score (nSPS) is 12.5. The van der Waals surface area contributed by atoms with E-state index in [2.05, 4.69) is 5.32 Å². The summed E-state index contributed by atoms with van der Waals surface area (Å²) in [5.74, 6) is 0.951. The highest BCUT2D eigenvalue weighted by Crippen LogP contribution is 2.08. The van der Waals surface area contributed by atoms with Crippen molar-refractivity contribution in [1.29, 1.82) is 0 Å². The predicted octanol–water partition coefficient (Wildman–Crippen LogP) is 1.15.